The van der Waals surface area contributed by atoms with Crippen molar-refractivity contribution >= 4 is 17.5 Å². The number of hydrogen-bond donors (Lipinski definition) is 1. The van der Waals surface area contributed by atoms with E-state index in [0.717, 1.165) is 23.5 Å². The molecule has 2 heterocycles. The van der Waals surface area contributed by atoms with Crippen molar-refractivity contribution in [3.8, 4) is 5.75 Å². The number of nitrogens with one attached hydrogen (secondary N) is 1. The van der Waals surface area contributed by atoms with Crippen LogP contribution in [0.25, 0.3) is 0 Å². The Kier molecular flexibility index (Phi) is 7.77. The van der Waals surface area contributed by atoms with Crippen molar-refractivity contribution in [2.45, 2.75) is 51.6 Å². The number of carbonyl (C=O) groups excluding carboxylic acids is 2. The zero-order valence-electron chi connectivity index (χ0n) is 18.7. The minimum atomic E-state index is -0.103. The highest BCUT2D eigenvalue weighted by Crippen LogP contribution is 2.31. The maximum Gasteiger partial charge on any atom is 0.227 e. The summed E-state index contributed by atoms with van der Waals surface area (Å²) < 4.78 is 5.60. The zero-order chi connectivity index (χ0) is 22.2. The monoisotopic (exact) mass is 435 g/mol. The lowest BCUT2D eigenvalue weighted by Gasteiger charge is -2.29. The molecular formula is C26H33N3O3. The summed E-state index contributed by atoms with van der Waals surface area (Å²) >= 11 is 0. The number of ether oxygens (including phenoxy) is 1. The molecule has 0 bridgehead atoms. The molecule has 0 aliphatic carbocycles. The van der Waals surface area contributed by atoms with Crippen LogP contribution in [0.5, 0.6) is 5.75 Å². The van der Waals surface area contributed by atoms with E-state index in [0.29, 0.717) is 19.7 Å². The summed E-state index contributed by atoms with van der Waals surface area (Å²) in [5.74, 6) is 0.568. The molecule has 1 fully saturated rings. The molecule has 2 aliphatic rings. The molecular weight excluding hydrogens is 402 g/mol. The third-order valence-electron chi connectivity index (χ3n) is 6.21. The van der Waals surface area contributed by atoms with E-state index in [1.807, 2.05) is 24.3 Å². The first-order chi connectivity index (χ1) is 15.7. The molecule has 2 aromatic carbocycles. The molecule has 1 N–H and O–H groups in total. The van der Waals surface area contributed by atoms with E-state index < -0.39 is 0 Å². The smallest absolute Gasteiger partial charge is 0.227 e. The average molecular weight is 436 g/mol. The quantitative estimate of drug-likeness (QED) is 0.717. The normalized spacial score (nSPS) is 16.6. The van der Waals surface area contributed by atoms with Gasteiger partial charge in [0.05, 0.1) is 12.2 Å². The maximum atomic E-state index is 12.6. The molecule has 4 rings (SSSR count). The van der Waals surface area contributed by atoms with Crippen molar-refractivity contribution in [2.75, 3.05) is 31.1 Å². The second-order valence-corrected chi connectivity index (χ2v) is 8.65. The highest BCUT2D eigenvalue weighted by Gasteiger charge is 2.23. The molecule has 32 heavy (non-hydrogen) atoms. The largest absolute Gasteiger partial charge is 0.490 e. The molecule has 0 radical (unpaired) electrons. The number of nitrogens with zero attached hydrogens (tertiary/aromatic N) is 2. The highest BCUT2D eigenvalue weighted by molar-refractivity contribution is 5.97. The Hall–Kier alpha value is -2.86. The second kappa shape index (κ2) is 11.1. The van der Waals surface area contributed by atoms with Gasteiger partial charge in [0.2, 0.25) is 11.8 Å². The summed E-state index contributed by atoms with van der Waals surface area (Å²) in [5, 5.41) is 2.94. The van der Waals surface area contributed by atoms with Gasteiger partial charge in [-0.25, -0.2) is 0 Å². The highest BCUT2D eigenvalue weighted by atomic mass is 16.5. The van der Waals surface area contributed by atoms with E-state index in [1.54, 1.807) is 4.90 Å². The first-order valence-electron chi connectivity index (χ1n) is 11.8. The minimum Gasteiger partial charge on any atom is -0.490 e. The second-order valence-electron chi connectivity index (χ2n) is 8.65. The van der Waals surface area contributed by atoms with Gasteiger partial charge in [0.15, 0.2) is 0 Å². The SMILES string of the molecule is O=C(CCC(=O)N1CCOc2ccccc21)NCc1ccc(CN2CCCCCC2)cc1. The van der Waals surface area contributed by atoms with Crippen molar-refractivity contribution in [3.63, 3.8) is 0 Å². The van der Waals surface area contributed by atoms with Gasteiger partial charge in [-0.05, 0) is 49.2 Å². The predicted octanol–water partition coefficient (Wildman–Crippen LogP) is 3.88. The third-order valence-corrected chi connectivity index (χ3v) is 6.21. The number of anilines is 1. The van der Waals surface area contributed by atoms with Crippen LogP contribution in [0.2, 0.25) is 0 Å². The van der Waals surface area contributed by atoms with Gasteiger partial charge in [-0.2, -0.15) is 0 Å². The number of hydrogen-bond acceptors (Lipinski definition) is 4. The number of fused-ring (bicyclic) bond motifs is 1. The molecule has 2 amide bonds. The lowest BCUT2D eigenvalue weighted by molar-refractivity contribution is -0.125. The predicted molar refractivity (Wildman–Crippen MR) is 126 cm³/mol. The lowest BCUT2D eigenvalue weighted by atomic mass is 10.1. The van der Waals surface area contributed by atoms with Gasteiger partial charge in [0, 0.05) is 25.9 Å². The lowest BCUT2D eigenvalue weighted by Crippen LogP contribution is -2.38. The van der Waals surface area contributed by atoms with E-state index in [9.17, 15) is 9.59 Å². The minimum absolute atomic E-state index is 0.0474. The van der Waals surface area contributed by atoms with E-state index in [-0.39, 0.29) is 24.7 Å². The van der Waals surface area contributed by atoms with E-state index in [4.69, 9.17) is 4.74 Å². The molecule has 170 valence electrons. The third kappa shape index (κ3) is 6.10. The fraction of sp³-hybridized carbons (Fsp3) is 0.462. The van der Waals surface area contributed by atoms with E-state index >= 15 is 0 Å². The van der Waals surface area contributed by atoms with Crippen LogP contribution in [0.1, 0.15) is 49.7 Å². The molecule has 2 aromatic rings. The molecule has 1 saturated heterocycles. The summed E-state index contributed by atoms with van der Waals surface area (Å²) in [6, 6.07) is 16.0. The zero-order valence-corrected chi connectivity index (χ0v) is 18.7. The number of rotatable bonds is 7. The van der Waals surface area contributed by atoms with Gasteiger partial charge < -0.3 is 15.0 Å². The Balaban J connectivity index is 1.20. The van der Waals surface area contributed by atoms with Crippen molar-refractivity contribution in [1.82, 2.24) is 10.2 Å². The molecule has 6 nitrogen and oxygen atoms in total. The van der Waals surface area contributed by atoms with Crippen LogP contribution >= 0.6 is 0 Å². The summed E-state index contributed by atoms with van der Waals surface area (Å²) in [4.78, 5) is 29.2. The first-order valence-corrected chi connectivity index (χ1v) is 11.8. The van der Waals surface area contributed by atoms with Crippen LogP contribution in [0.4, 0.5) is 5.69 Å². The fourth-order valence-corrected chi connectivity index (χ4v) is 4.39. The van der Waals surface area contributed by atoms with Gasteiger partial charge in [-0.3, -0.25) is 14.5 Å². The Morgan fingerprint density at radius 1 is 0.844 bits per heavy atom. The van der Waals surface area contributed by atoms with Gasteiger partial charge in [-0.15, -0.1) is 0 Å². The Bertz CT molecular complexity index is 905. The van der Waals surface area contributed by atoms with Gasteiger partial charge in [-0.1, -0.05) is 49.2 Å². The van der Waals surface area contributed by atoms with Crippen LogP contribution in [0, 0.1) is 0 Å². The summed E-state index contributed by atoms with van der Waals surface area (Å²) in [6.45, 7) is 4.85. The molecule has 0 unspecified atom stereocenters. The standard InChI is InChI=1S/C26H33N3O3/c30-25(13-14-26(31)29-17-18-32-24-8-4-3-7-23(24)29)27-19-21-9-11-22(12-10-21)20-28-15-5-1-2-6-16-28/h3-4,7-12H,1-2,5-6,13-20H2,(H,27,30). The number of para-hydroxylation sites is 2. The van der Waals surface area contributed by atoms with Crippen LogP contribution < -0.4 is 15.0 Å². The van der Waals surface area contributed by atoms with Crippen LogP contribution in [-0.2, 0) is 22.7 Å². The fourth-order valence-electron chi connectivity index (χ4n) is 4.39. The molecule has 0 spiro atoms. The summed E-state index contributed by atoms with van der Waals surface area (Å²) in [5.41, 5.74) is 3.18. The maximum absolute atomic E-state index is 12.6. The molecule has 6 heteroatoms. The number of benzene rings is 2. The topological polar surface area (TPSA) is 61.9 Å². The van der Waals surface area contributed by atoms with Gasteiger partial charge in [0.25, 0.3) is 0 Å². The van der Waals surface area contributed by atoms with Crippen molar-refractivity contribution < 1.29 is 14.3 Å². The first kappa shape index (κ1) is 22.3. The summed E-state index contributed by atoms with van der Waals surface area (Å²) in [7, 11) is 0. The van der Waals surface area contributed by atoms with Crippen LogP contribution in [0.15, 0.2) is 48.5 Å². The molecule has 0 saturated carbocycles. The average Bonchev–Trinajstić information content (AvgIpc) is 3.10. The Morgan fingerprint density at radius 2 is 1.56 bits per heavy atom. The van der Waals surface area contributed by atoms with Crippen LogP contribution in [0.3, 0.4) is 0 Å². The Labute approximate surface area is 190 Å². The van der Waals surface area contributed by atoms with Crippen molar-refractivity contribution in [3.05, 3.63) is 59.7 Å². The molecule has 2 aliphatic heterocycles. The van der Waals surface area contributed by atoms with Crippen molar-refractivity contribution in [2.24, 2.45) is 0 Å². The number of carbonyl (C=O) groups is 2. The number of likely N-dealkylation sites (tertiary alicyclic amines) is 1. The van der Waals surface area contributed by atoms with Crippen LogP contribution in [-0.4, -0.2) is 43.0 Å². The Morgan fingerprint density at radius 3 is 2.34 bits per heavy atom. The van der Waals surface area contributed by atoms with E-state index in [1.165, 1.54) is 44.3 Å². The van der Waals surface area contributed by atoms with E-state index in [2.05, 4.69) is 34.5 Å². The molecule has 0 aromatic heterocycles. The van der Waals surface area contributed by atoms with Gasteiger partial charge >= 0.3 is 0 Å². The van der Waals surface area contributed by atoms with Gasteiger partial charge in [0.1, 0.15) is 12.4 Å². The summed E-state index contributed by atoms with van der Waals surface area (Å²) in [6.07, 6.45) is 5.66. The number of amides is 2. The molecule has 0 atom stereocenters. The van der Waals surface area contributed by atoms with Crippen molar-refractivity contribution in [1.29, 1.82) is 0 Å².